The molecule has 27 heavy (non-hydrogen) atoms. The summed E-state index contributed by atoms with van der Waals surface area (Å²) >= 11 is 0. The summed E-state index contributed by atoms with van der Waals surface area (Å²) in [5.41, 5.74) is 2.78. The third-order valence-corrected chi connectivity index (χ3v) is 6.56. The quantitative estimate of drug-likeness (QED) is 0.717. The Morgan fingerprint density at radius 3 is 2.93 bits per heavy atom. The minimum absolute atomic E-state index is 0.0193. The molecule has 5 heteroatoms. The first-order chi connectivity index (χ1) is 14.2. The molecule has 4 rings (SSSR count). The van der Waals surface area contributed by atoms with Crippen LogP contribution in [0, 0.1) is 0 Å². The molecule has 2 heterocycles. The second-order valence-electron chi connectivity index (χ2n) is 6.97. The maximum absolute atomic E-state index is 12.5. The topological polar surface area (TPSA) is 53.2 Å². The van der Waals surface area contributed by atoms with Crippen LogP contribution in [0.2, 0.25) is 0 Å². The van der Waals surface area contributed by atoms with Crippen LogP contribution in [-0.2, 0) is 16.3 Å². The van der Waals surface area contributed by atoms with E-state index < -0.39 is 16.8 Å². The fraction of sp³-hybridized carbons (Fsp3) is 0.273. The molecule has 0 aliphatic carbocycles. The predicted octanol–water partition coefficient (Wildman–Crippen LogP) is 4.25. The molecule has 0 radical (unpaired) electrons. The highest BCUT2D eigenvalue weighted by atomic mass is 32.2. The SMILES string of the molecule is [2H]C([2H])([2H])N1CCC[C@H]1Cc1c[nH]c2ccc(/C=C/S(=O)(=O)c3ccccc3)cc12. The molecule has 0 bridgehead atoms. The van der Waals surface area contributed by atoms with E-state index in [1.54, 1.807) is 41.3 Å². The number of hydrogen-bond donors (Lipinski definition) is 1. The van der Waals surface area contributed by atoms with Crippen molar-refractivity contribution in [1.29, 1.82) is 0 Å². The van der Waals surface area contributed by atoms with Crippen LogP contribution in [0.3, 0.4) is 0 Å². The van der Waals surface area contributed by atoms with Gasteiger partial charge in [0.1, 0.15) is 0 Å². The highest BCUT2D eigenvalue weighted by Gasteiger charge is 2.22. The van der Waals surface area contributed by atoms with Gasteiger partial charge in [0.05, 0.1) is 4.90 Å². The lowest BCUT2D eigenvalue weighted by Gasteiger charge is -2.18. The average molecular weight is 384 g/mol. The summed E-state index contributed by atoms with van der Waals surface area (Å²) in [6.07, 6.45) is 5.92. The van der Waals surface area contributed by atoms with Gasteiger partial charge in [0.15, 0.2) is 9.84 Å². The molecule has 0 spiro atoms. The van der Waals surface area contributed by atoms with Crippen molar-refractivity contribution in [2.24, 2.45) is 0 Å². The van der Waals surface area contributed by atoms with Crippen molar-refractivity contribution in [3.8, 4) is 0 Å². The number of fused-ring (bicyclic) bond motifs is 1. The van der Waals surface area contributed by atoms with E-state index in [0.717, 1.165) is 34.9 Å². The van der Waals surface area contributed by atoms with Gasteiger partial charge in [-0.2, -0.15) is 0 Å². The first-order valence-corrected chi connectivity index (χ1v) is 10.6. The number of hydrogen-bond acceptors (Lipinski definition) is 3. The van der Waals surface area contributed by atoms with Crippen LogP contribution >= 0.6 is 0 Å². The van der Waals surface area contributed by atoms with Crippen molar-refractivity contribution < 1.29 is 12.5 Å². The molecule has 0 amide bonds. The Balaban J connectivity index is 1.59. The van der Waals surface area contributed by atoms with Crippen LogP contribution in [0.4, 0.5) is 0 Å². The standard InChI is InChI=1S/C22H24N2O2S/c1-24-12-5-6-19(24)15-18-16-23-22-10-9-17(14-21(18)22)11-13-27(25,26)20-7-3-2-4-8-20/h2-4,7-11,13-14,16,19,23H,5-6,12,15H2,1H3/b13-11+/t19-/m0/s1/i1D3. The predicted molar refractivity (Wildman–Crippen MR) is 110 cm³/mol. The summed E-state index contributed by atoms with van der Waals surface area (Å²) in [4.78, 5) is 5.11. The maximum Gasteiger partial charge on any atom is 0.199 e. The lowest BCUT2D eigenvalue weighted by molar-refractivity contribution is 0.310. The molecular weight excluding hydrogens is 356 g/mol. The number of nitrogens with one attached hydrogen (secondary N) is 1. The Hall–Kier alpha value is -2.37. The smallest absolute Gasteiger partial charge is 0.199 e. The third-order valence-electron chi connectivity index (χ3n) is 5.14. The molecule has 1 aromatic heterocycles. The third kappa shape index (κ3) is 3.84. The number of likely N-dealkylation sites (tertiary alicyclic amines) is 1. The van der Waals surface area contributed by atoms with Gasteiger partial charge >= 0.3 is 0 Å². The molecule has 1 atom stereocenters. The summed E-state index contributed by atoms with van der Waals surface area (Å²) < 4.78 is 48.3. The molecule has 1 fully saturated rings. The zero-order valence-corrected chi connectivity index (χ0v) is 15.7. The fourth-order valence-corrected chi connectivity index (χ4v) is 4.66. The Labute approximate surface area is 164 Å². The molecule has 0 unspecified atom stereocenters. The number of likely N-dealkylation sites (N-methyl/N-ethyl adjacent to an activating group) is 1. The second-order valence-corrected chi connectivity index (χ2v) is 8.81. The molecule has 0 saturated carbocycles. The van der Waals surface area contributed by atoms with Crippen molar-refractivity contribution in [2.45, 2.75) is 30.2 Å². The normalized spacial score (nSPS) is 20.7. The largest absolute Gasteiger partial charge is 0.361 e. The number of nitrogens with zero attached hydrogens (tertiary/aromatic N) is 1. The highest BCUT2D eigenvalue weighted by Crippen LogP contribution is 2.26. The second kappa shape index (κ2) is 7.33. The van der Waals surface area contributed by atoms with Crippen LogP contribution in [0.25, 0.3) is 17.0 Å². The summed E-state index contributed by atoms with van der Waals surface area (Å²) in [5, 5.41) is 2.22. The summed E-state index contributed by atoms with van der Waals surface area (Å²) in [7, 11) is -3.51. The lowest BCUT2D eigenvalue weighted by atomic mass is 10.0. The van der Waals surface area contributed by atoms with Gasteiger partial charge in [-0.05, 0) is 74.3 Å². The number of sulfone groups is 1. The number of H-pyrrole nitrogens is 1. The first kappa shape index (κ1) is 14.7. The van der Waals surface area contributed by atoms with Crippen LogP contribution in [0.1, 0.15) is 28.1 Å². The maximum atomic E-state index is 12.5. The summed E-state index contributed by atoms with van der Waals surface area (Å²) in [5.74, 6) is 0. The molecule has 140 valence electrons. The van der Waals surface area contributed by atoms with Crippen molar-refractivity contribution >= 4 is 26.8 Å². The van der Waals surface area contributed by atoms with E-state index in [-0.39, 0.29) is 10.9 Å². The number of benzene rings is 2. The molecule has 1 aliphatic heterocycles. The van der Waals surface area contributed by atoms with Gasteiger partial charge in [-0.1, -0.05) is 24.3 Å². The van der Waals surface area contributed by atoms with Crippen LogP contribution < -0.4 is 0 Å². The molecule has 1 N–H and O–H groups in total. The van der Waals surface area contributed by atoms with Crippen LogP contribution in [-0.4, -0.2) is 37.9 Å². The molecule has 2 aromatic carbocycles. The molecule has 1 saturated heterocycles. The summed E-state index contributed by atoms with van der Waals surface area (Å²) in [6, 6.07) is 14.0. The van der Waals surface area contributed by atoms with E-state index in [0.29, 0.717) is 13.0 Å². The zero-order chi connectivity index (χ0) is 21.4. The Morgan fingerprint density at radius 2 is 2.11 bits per heavy atom. The Morgan fingerprint density at radius 1 is 1.26 bits per heavy atom. The average Bonchev–Trinajstić information content (AvgIpc) is 3.34. The van der Waals surface area contributed by atoms with E-state index in [4.69, 9.17) is 4.11 Å². The van der Waals surface area contributed by atoms with Crippen LogP contribution in [0.5, 0.6) is 0 Å². The van der Waals surface area contributed by atoms with E-state index >= 15 is 0 Å². The van der Waals surface area contributed by atoms with Gasteiger partial charge in [-0.25, -0.2) is 8.42 Å². The van der Waals surface area contributed by atoms with Crippen molar-refractivity contribution in [3.05, 3.63) is 71.3 Å². The van der Waals surface area contributed by atoms with E-state index in [2.05, 4.69) is 4.98 Å². The van der Waals surface area contributed by atoms with E-state index in [1.807, 2.05) is 24.4 Å². The minimum Gasteiger partial charge on any atom is -0.361 e. The zero-order valence-electron chi connectivity index (χ0n) is 17.9. The van der Waals surface area contributed by atoms with Gasteiger partial charge in [-0.15, -0.1) is 0 Å². The first-order valence-electron chi connectivity index (χ1n) is 10.6. The van der Waals surface area contributed by atoms with Gasteiger partial charge in [0.25, 0.3) is 0 Å². The monoisotopic (exact) mass is 383 g/mol. The Bertz CT molecular complexity index is 1170. The lowest BCUT2D eigenvalue weighted by Crippen LogP contribution is -2.26. The highest BCUT2D eigenvalue weighted by molar-refractivity contribution is 7.94. The van der Waals surface area contributed by atoms with Crippen LogP contribution in [0.15, 0.2) is 65.0 Å². The van der Waals surface area contributed by atoms with Gasteiger partial charge in [0, 0.05) is 32.7 Å². The van der Waals surface area contributed by atoms with Gasteiger partial charge in [0.2, 0.25) is 0 Å². The summed E-state index contributed by atoms with van der Waals surface area (Å²) in [6.45, 7) is -1.48. The van der Waals surface area contributed by atoms with E-state index in [1.165, 1.54) is 5.41 Å². The fourth-order valence-electron chi connectivity index (χ4n) is 3.63. The van der Waals surface area contributed by atoms with Gasteiger partial charge < -0.3 is 9.88 Å². The van der Waals surface area contributed by atoms with E-state index in [9.17, 15) is 8.42 Å². The van der Waals surface area contributed by atoms with Crippen molar-refractivity contribution in [2.75, 3.05) is 13.5 Å². The molecular formula is C22H24N2O2S. The number of aromatic nitrogens is 1. The Kier molecular flexibility index (Phi) is 3.98. The minimum atomic E-state index is -3.51. The molecule has 1 aliphatic rings. The van der Waals surface area contributed by atoms with Gasteiger partial charge in [-0.3, -0.25) is 0 Å². The molecule has 3 aromatic rings. The number of rotatable bonds is 5. The molecule has 4 nitrogen and oxygen atoms in total. The number of aromatic amines is 1. The van der Waals surface area contributed by atoms with Crippen molar-refractivity contribution in [1.82, 2.24) is 9.88 Å². The van der Waals surface area contributed by atoms with Crippen molar-refractivity contribution in [3.63, 3.8) is 0 Å².